The lowest BCUT2D eigenvalue weighted by Crippen LogP contribution is -2.04. The molecule has 0 aliphatic carbocycles. The summed E-state index contributed by atoms with van der Waals surface area (Å²) in [4.78, 5) is 10.6. The molecule has 0 unspecified atom stereocenters. The summed E-state index contributed by atoms with van der Waals surface area (Å²) in [5, 5.41) is 12.8. The standard InChI is InChI=1S/C38H21N3/c1-2-9-24(10-3-1)36-38(40-30-16-7-6-15-29(30)39-36)41-31-20-19-23-18-17-22-12-8-14-27-28-21-25-11-4-5-13-26(25)37(41)34(28)35(31)33(23)32(22)27/h1-21H. The highest BCUT2D eigenvalue weighted by atomic mass is 15.1. The van der Waals surface area contributed by atoms with Gasteiger partial charge in [-0.05, 0) is 56.6 Å². The van der Waals surface area contributed by atoms with Gasteiger partial charge in [-0.2, -0.15) is 0 Å². The summed E-state index contributed by atoms with van der Waals surface area (Å²) in [5.41, 5.74) is 6.07. The zero-order chi connectivity index (χ0) is 26.7. The summed E-state index contributed by atoms with van der Waals surface area (Å²) in [6.07, 6.45) is 0. The summed E-state index contributed by atoms with van der Waals surface area (Å²) in [7, 11) is 0. The Morgan fingerprint density at radius 2 is 1.12 bits per heavy atom. The van der Waals surface area contributed by atoms with Crippen LogP contribution in [0.2, 0.25) is 0 Å². The van der Waals surface area contributed by atoms with Crippen molar-refractivity contribution in [2.24, 2.45) is 0 Å². The fourth-order valence-electron chi connectivity index (χ4n) is 7.15. The molecule has 3 nitrogen and oxygen atoms in total. The SMILES string of the molecule is c1ccc(-c2nc3ccccc3nc2-n2c3ccc4ccc5cccc6c7cc8ccccc8c2c7c3c4c56)cc1. The van der Waals surface area contributed by atoms with Gasteiger partial charge in [-0.1, -0.05) is 103 Å². The number of rotatable bonds is 2. The quantitative estimate of drug-likeness (QED) is 0.168. The molecule has 0 amide bonds. The minimum absolute atomic E-state index is 0.856. The molecule has 0 saturated carbocycles. The van der Waals surface area contributed by atoms with Gasteiger partial charge in [0.2, 0.25) is 0 Å². The number of hydrogen-bond acceptors (Lipinski definition) is 2. The van der Waals surface area contributed by atoms with E-state index in [-0.39, 0.29) is 0 Å². The fraction of sp³-hybridized carbons (Fsp3) is 0. The fourth-order valence-corrected chi connectivity index (χ4v) is 7.15. The Labute approximate surface area is 234 Å². The van der Waals surface area contributed by atoms with Crippen molar-refractivity contribution in [3.63, 3.8) is 0 Å². The Balaban J connectivity index is 1.53. The van der Waals surface area contributed by atoms with Crippen LogP contribution in [-0.4, -0.2) is 14.5 Å². The average molecular weight is 520 g/mol. The molecule has 0 bridgehead atoms. The van der Waals surface area contributed by atoms with Gasteiger partial charge in [-0.3, -0.25) is 4.57 Å². The van der Waals surface area contributed by atoms with Gasteiger partial charge in [0.05, 0.1) is 22.1 Å². The minimum atomic E-state index is 0.856. The van der Waals surface area contributed by atoms with Gasteiger partial charge >= 0.3 is 0 Å². The third-order valence-corrected chi connectivity index (χ3v) is 8.84. The number of para-hydroxylation sites is 2. The van der Waals surface area contributed by atoms with Crippen molar-refractivity contribution in [1.29, 1.82) is 0 Å². The van der Waals surface area contributed by atoms with E-state index >= 15 is 0 Å². The van der Waals surface area contributed by atoms with Crippen LogP contribution in [0, 0.1) is 0 Å². The Morgan fingerprint density at radius 1 is 0.439 bits per heavy atom. The van der Waals surface area contributed by atoms with E-state index in [2.05, 4.69) is 114 Å². The predicted octanol–water partition coefficient (Wildman–Crippen LogP) is 9.88. The molecule has 0 fully saturated rings. The van der Waals surface area contributed by atoms with Gasteiger partial charge in [-0.25, -0.2) is 9.97 Å². The van der Waals surface area contributed by atoms with Crippen LogP contribution in [0.15, 0.2) is 127 Å². The monoisotopic (exact) mass is 519 g/mol. The third kappa shape index (κ3) is 2.68. The van der Waals surface area contributed by atoms with Gasteiger partial charge in [0.1, 0.15) is 5.69 Å². The lowest BCUT2D eigenvalue weighted by Gasteiger charge is -2.15. The first-order valence-electron chi connectivity index (χ1n) is 14.0. The number of aromatic nitrogens is 3. The lowest BCUT2D eigenvalue weighted by molar-refractivity contribution is 1.08. The zero-order valence-corrected chi connectivity index (χ0v) is 22.0. The summed E-state index contributed by atoms with van der Waals surface area (Å²) in [6, 6.07) is 45.6. The van der Waals surface area contributed by atoms with Crippen LogP contribution in [0.1, 0.15) is 0 Å². The van der Waals surface area contributed by atoms with E-state index in [9.17, 15) is 0 Å². The molecular weight excluding hydrogens is 498 g/mol. The van der Waals surface area contributed by atoms with Gasteiger partial charge in [-0.15, -0.1) is 0 Å². The van der Waals surface area contributed by atoms with E-state index in [0.29, 0.717) is 0 Å². The highest BCUT2D eigenvalue weighted by Gasteiger charge is 2.26. The average Bonchev–Trinajstić information content (AvgIpc) is 3.39. The molecule has 10 rings (SSSR count). The molecule has 8 aromatic carbocycles. The molecule has 0 radical (unpaired) electrons. The van der Waals surface area contributed by atoms with Crippen molar-refractivity contribution in [2.45, 2.75) is 0 Å². The molecule has 2 heterocycles. The van der Waals surface area contributed by atoms with Gasteiger partial charge < -0.3 is 0 Å². The van der Waals surface area contributed by atoms with E-state index < -0.39 is 0 Å². The van der Waals surface area contributed by atoms with Gasteiger partial charge in [0.25, 0.3) is 0 Å². The van der Waals surface area contributed by atoms with E-state index in [1.807, 2.05) is 18.2 Å². The van der Waals surface area contributed by atoms with Crippen molar-refractivity contribution in [1.82, 2.24) is 14.5 Å². The number of hydrogen-bond donors (Lipinski definition) is 0. The molecule has 0 atom stereocenters. The molecular formula is C38H21N3. The maximum absolute atomic E-state index is 5.37. The smallest absolute Gasteiger partial charge is 0.165 e. The Hall–Kier alpha value is -5.54. The van der Waals surface area contributed by atoms with Crippen LogP contribution < -0.4 is 0 Å². The maximum atomic E-state index is 5.37. The topological polar surface area (TPSA) is 30.7 Å². The van der Waals surface area contributed by atoms with Crippen LogP contribution >= 0.6 is 0 Å². The van der Waals surface area contributed by atoms with Gasteiger partial charge in [0, 0.05) is 27.1 Å². The number of fused-ring (bicyclic) bond motifs is 4. The largest absolute Gasteiger partial charge is 0.291 e. The molecule has 41 heavy (non-hydrogen) atoms. The molecule has 188 valence electrons. The van der Waals surface area contributed by atoms with E-state index in [1.165, 1.54) is 59.4 Å². The van der Waals surface area contributed by atoms with Crippen molar-refractivity contribution in [2.75, 3.05) is 0 Å². The Morgan fingerprint density at radius 3 is 2.00 bits per heavy atom. The summed E-state index contributed by atoms with van der Waals surface area (Å²) < 4.78 is 2.39. The predicted molar refractivity (Wildman–Crippen MR) is 172 cm³/mol. The van der Waals surface area contributed by atoms with Crippen LogP contribution in [0.5, 0.6) is 0 Å². The van der Waals surface area contributed by atoms with E-state index in [0.717, 1.165) is 33.6 Å². The summed E-state index contributed by atoms with van der Waals surface area (Å²) in [6.45, 7) is 0. The first-order valence-corrected chi connectivity index (χ1v) is 14.0. The van der Waals surface area contributed by atoms with Crippen molar-refractivity contribution in [3.8, 4) is 17.1 Å². The molecule has 3 heteroatoms. The normalized spacial score (nSPS) is 12.4. The minimum Gasteiger partial charge on any atom is -0.291 e. The highest BCUT2D eigenvalue weighted by Crippen LogP contribution is 2.49. The van der Waals surface area contributed by atoms with Crippen LogP contribution in [0.3, 0.4) is 0 Å². The van der Waals surface area contributed by atoms with Crippen molar-refractivity contribution >= 4 is 75.9 Å². The van der Waals surface area contributed by atoms with Crippen molar-refractivity contribution in [3.05, 3.63) is 127 Å². The number of nitrogens with zero attached hydrogens (tertiary/aromatic N) is 3. The molecule has 0 spiro atoms. The number of benzene rings is 8. The maximum Gasteiger partial charge on any atom is 0.165 e. The van der Waals surface area contributed by atoms with Crippen LogP contribution in [0.25, 0.3) is 93.0 Å². The second-order valence-electron chi connectivity index (χ2n) is 11.0. The van der Waals surface area contributed by atoms with Crippen molar-refractivity contribution < 1.29 is 0 Å². The summed E-state index contributed by atoms with van der Waals surface area (Å²) in [5.74, 6) is 0.856. The van der Waals surface area contributed by atoms with Crippen LogP contribution in [-0.2, 0) is 0 Å². The highest BCUT2D eigenvalue weighted by molar-refractivity contribution is 6.42. The second-order valence-corrected chi connectivity index (χ2v) is 11.0. The van der Waals surface area contributed by atoms with E-state index in [4.69, 9.17) is 9.97 Å². The third-order valence-electron chi connectivity index (χ3n) is 8.84. The second kappa shape index (κ2) is 7.56. The van der Waals surface area contributed by atoms with E-state index in [1.54, 1.807) is 0 Å². The zero-order valence-electron chi connectivity index (χ0n) is 22.0. The molecule has 0 N–H and O–H groups in total. The Kier molecular flexibility index (Phi) is 3.93. The first-order chi connectivity index (χ1) is 20.3. The molecule has 2 aromatic heterocycles. The Bertz CT molecular complexity index is 2630. The molecule has 0 saturated heterocycles. The first kappa shape index (κ1) is 21.3. The molecule has 0 aliphatic heterocycles. The van der Waals surface area contributed by atoms with Gasteiger partial charge in [0.15, 0.2) is 5.82 Å². The molecule has 10 aromatic rings. The molecule has 0 aliphatic rings. The summed E-state index contributed by atoms with van der Waals surface area (Å²) >= 11 is 0. The van der Waals surface area contributed by atoms with Crippen LogP contribution in [0.4, 0.5) is 0 Å². The lowest BCUT2D eigenvalue weighted by atomic mass is 9.88.